The fraction of sp³-hybridized carbons (Fsp3) is 0.462. The lowest BCUT2D eigenvalue weighted by molar-refractivity contribution is -0.122. The lowest BCUT2D eigenvalue weighted by atomic mass is 10.0. The minimum Gasteiger partial charge on any atom is -0.335 e. The molecule has 2 aliphatic heterocycles. The Bertz CT molecular complexity index is 449. The summed E-state index contributed by atoms with van der Waals surface area (Å²) >= 11 is 3.48. The number of carbonyl (C=O) groups is 1. The molecular weight excluding hydrogens is 280 g/mol. The molecule has 0 bridgehead atoms. The predicted octanol–water partition coefficient (Wildman–Crippen LogP) is 2.43. The molecule has 0 aromatic heterocycles. The van der Waals surface area contributed by atoms with Gasteiger partial charge in [0.1, 0.15) is 6.17 Å². The number of hydrogen-bond donors (Lipinski definition) is 1. The Morgan fingerprint density at radius 3 is 3.06 bits per heavy atom. The van der Waals surface area contributed by atoms with Gasteiger partial charge in [-0.15, -0.1) is 0 Å². The van der Waals surface area contributed by atoms with Crippen molar-refractivity contribution < 1.29 is 4.79 Å². The number of nitrogens with zero attached hydrogens (tertiary/aromatic N) is 1. The van der Waals surface area contributed by atoms with E-state index in [9.17, 15) is 4.79 Å². The van der Waals surface area contributed by atoms with Gasteiger partial charge in [-0.05, 0) is 30.5 Å². The van der Waals surface area contributed by atoms with Gasteiger partial charge >= 0.3 is 0 Å². The number of benzene rings is 1. The quantitative estimate of drug-likeness (QED) is 0.863. The van der Waals surface area contributed by atoms with Crippen LogP contribution in [0.15, 0.2) is 28.7 Å². The Kier molecular flexibility index (Phi) is 2.92. The highest BCUT2D eigenvalue weighted by molar-refractivity contribution is 9.10. The summed E-state index contributed by atoms with van der Waals surface area (Å²) in [6.45, 7) is 1.01. The van der Waals surface area contributed by atoms with E-state index in [1.54, 1.807) is 0 Å². The molecule has 2 fully saturated rings. The fourth-order valence-electron chi connectivity index (χ4n) is 2.81. The third-order valence-corrected chi connectivity index (χ3v) is 4.12. The second-order valence-electron chi connectivity index (χ2n) is 4.72. The SMILES string of the molecule is O=C1NC(c2cccc(Br)c2)N2CCCCC12. The van der Waals surface area contributed by atoms with Crippen LogP contribution >= 0.6 is 15.9 Å². The fourth-order valence-corrected chi connectivity index (χ4v) is 3.23. The minimum absolute atomic E-state index is 0.0605. The molecule has 2 saturated heterocycles. The van der Waals surface area contributed by atoms with Crippen molar-refractivity contribution in [2.24, 2.45) is 0 Å². The summed E-state index contributed by atoms with van der Waals surface area (Å²) in [5.74, 6) is 0.190. The zero-order valence-corrected chi connectivity index (χ0v) is 11.1. The average Bonchev–Trinajstić information content (AvgIpc) is 2.68. The van der Waals surface area contributed by atoms with Gasteiger partial charge in [0.15, 0.2) is 0 Å². The first kappa shape index (κ1) is 11.2. The molecule has 2 heterocycles. The predicted molar refractivity (Wildman–Crippen MR) is 69.4 cm³/mol. The highest BCUT2D eigenvalue weighted by Gasteiger charge is 2.41. The summed E-state index contributed by atoms with van der Waals surface area (Å²) in [7, 11) is 0. The van der Waals surface area contributed by atoms with Crippen LogP contribution in [0.5, 0.6) is 0 Å². The van der Waals surface area contributed by atoms with Gasteiger partial charge in [-0.25, -0.2) is 0 Å². The number of halogens is 1. The maximum atomic E-state index is 11.9. The van der Waals surface area contributed by atoms with E-state index in [0.29, 0.717) is 0 Å². The molecule has 2 unspecified atom stereocenters. The van der Waals surface area contributed by atoms with Gasteiger partial charge in [-0.1, -0.05) is 34.5 Å². The highest BCUT2D eigenvalue weighted by Crippen LogP contribution is 2.32. The molecule has 0 aliphatic carbocycles. The summed E-state index contributed by atoms with van der Waals surface area (Å²) in [4.78, 5) is 14.2. The molecule has 3 nitrogen and oxygen atoms in total. The van der Waals surface area contributed by atoms with Gasteiger partial charge in [0, 0.05) is 11.0 Å². The third kappa shape index (κ3) is 2.00. The Balaban J connectivity index is 1.91. The zero-order valence-electron chi connectivity index (χ0n) is 9.53. The topological polar surface area (TPSA) is 32.3 Å². The molecule has 0 radical (unpaired) electrons. The van der Waals surface area contributed by atoms with Crippen LogP contribution in [-0.4, -0.2) is 23.4 Å². The van der Waals surface area contributed by atoms with E-state index >= 15 is 0 Å². The van der Waals surface area contributed by atoms with Crippen molar-refractivity contribution in [3.8, 4) is 0 Å². The second kappa shape index (κ2) is 4.42. The Hall–Kier alpha value is -0.870. The largest absolute Gasteiger partial charge is 0.335 e. The van der Waals surface area contributed by atoms with E-state index in [4.69, 9.17) is 0 Å². The van der Waals surface area contributed by atoms with Crippen molar-refractivity contribution in [3.05, 3.63) is 34.3 Å². The first-order chi connectivity index (χ1) is 8.25. The van der Waals surface area contributed by atoms with Crippen LogP contribution < -0.4 is 5.32 Å². The van der Waals surface area contributed by atoms with Crippen LogP contribution in [0.1, 0.15) is 31.0 Å². The number of rotatable bonds is 1. The number of piperidine rings is 1. The van der Waals surface area contributed by atoms with E-state index in [-0.39, 0.29) is 18.1 Å². The number of amides is 1. The van der Waals surface area contributed by atoms with Gasteiger partial charge in [-0.2, -0.15) is 0 Å². The van der Waals surface area contributed by atoms with E-state index in [2.05, 4.69) is 38.3 Å². The highest BCUT2D eigenvalue weighted by atomic mass is 79.9. The number of nitrogens with one attached hydrogen (secondary N) is 1. The Morgan fingerprint density at radius 1 is 1.35 bits per heavy atom. The molecule has 0 spiro atoms. The lowest BCUT2D eigenvalue weighted by Crippen LogP contribution is -2.38. The second-order valence-corrected chi connectivity index (χ2v) is 5.63. The average molecular weight is 295 g/mol. The molecule has 1 amide bonds. The van der Waals surface area contributed by atoms with Gasteiger partial charge < -0.3 is 5.32 Å². The maximum Gasteiger partial charge on any atom is 0.238 e. The molecule has 4 heteroatoms. The van der Waals surface area contributed by atoms with E-state index in [1.165, 1.54) is 12.8 Å². The lowest BCUT2D eigenvalue weighted by Gasteiger charge is -2.31. The minimum atomic E-state index is 0.0605. The summed E-state index contributed by atoms with van der Waals surface area (Å²) in [6.07, 6.45) is 3.41. The van der Waals surface area contributed by atoms with Crippen molar-refractivity contribution in [2.75, 3.05) is 6.54 Å². The number of carbonyl (C=O) groups excluding carboxylic acids is 1. The van der Waals surface area contributed by atoms with Gasteiger partial charge in [0.2, 0.25) is 5.91 Å². The summed E-state index contributed by atoms with van der Waals surface area (Å²) in [6, 6.07) is 8.28. The number of fused-ring (bicyclic) bond motifs is 1. The summed E-state index contributed by atoms with van der Waals surface area (Å²) < 4.78 is 1.06. The van der Waals surface area contributed by atoms with Crippen molar-refractivity contribution >= 4 is 21.8 Å². The van der Waals surface area contributed by atoms with Crippen LogP contribution in [0, 0.1) is 0 Å². The van der Waals surface area contributed by atoms with Gasteiger partial charge in [0.05, 0.1) is 6.04 Å². The molecule has 1 N–H and O–H groups in total. The van der Waals surface area contributed by atoms with Crippen LogP contribution in [0.25, 0.3) is 0 Å². The van der Waals surface area contributed by atoms with E-state index in [0.717, 1.165) is 23.0 Å². The van der Waals surface area contributed by atoms with Gasteiger partial charge in [0.25, 0.3) is 0 Å². The smallest absolute Gasteiger partial charge is 0.238 e. The molecule has 0 saturated carbocycles. The molecule has 90 valence electrons. The van der Waals surface area contributed by atoms with Crippen LogP contribution in [0.4, 0.5) is 0 Å². The van der Waals surface area contributed by atoms with Gasteiger partial charge in [-0.3, -0.25) is 9.69 Å². The van der Waals surface area contributed by atoms with Crippen molar-refractivity contribution in [1.82, 2.24) is 10.2 Å². The molecular formula is C13H15BrN2O. The van der Waals surface area contributed by atoms with Crippen LogP contribution in [0.3, 0.4) is 0 Å². The number of hydrogen-bond acceptors (Lipinski definition) is 2. The maximum absolute atomic E-state index is 11.9. The normalized spacial score (nSPS) is 28.9. The first-order valence-corrected chi connectivity index (χ1v) is 6.86. The van der Waals surface area contributed by atoms with Crippen LogP contribution in [0.2, 0.25) is 0 Å². The van der Waals surface area contributed by atoms with Crippen molar-refractivity contribution in [2.45, 2.75) is 31.5 Å². The zero-order chi connectivity index (χ0) is 11.8. The Labute approximate surface area is 109 Å². The van der Waals surface area contributed by atoms with E-state index < -0.39 is 0 Å². The van der Waals surface area contributed by atoms with Crippen LogP contribution in [-0.2, 0) is 4.79 Å². The summed E-state index contributed by atoms with van der Waals surface area (Å²) in [5, 5.41) is 3.11. The Morgan fingerprint density at radius 2 is 2.24 bits per heavy atom. The first-order valence-electron chi connectivity index (χ1n) is 6.07. The van der Waals surface area contributed by atoms with E-state index in [1.807, 2.05) is 12.1 Å². The van der Waals surface area contributed by atoms with Crippen molar-refractivity contribution in [1.29, 1.82) is 0 Å². The van der Waals surface area contributed by atoms with Crippen molar-refractivity contribution in [3.63, 3.8) is 0 Å². The standard InChI is InChI=1S/C13H15BrN2O/c14-10-5-3-4-9(8-10)12-15-13(17)11-6-1-2-7-16(11)12/h3-5,8,11-12H,1-2,6-7H2,(H,15,17). The molecule has 2 aliphatic rings. The molecule has 1 aromatic carbocycles. The molecule has 17 heavy (non-hydrogen) atoms. The monoisotopic (exact) mass is 294 g/mol. The summed E-state index contributed by atoms with van der Waals surface area (Å²) in [5.41, 5.74) is 1.16. The third-order valence-electron chi connectivity index (χ3n) is 3.62. The molecule has 3 rings (SSSR count). The molecule has 1 aromatic rings. The molecule has 2 atom stereocenters.